The predicted molar refractivity (Wildman–Crippen MR) is 112 cm³/mol. The Hall–Kier alpha value is -2.53. The van der Waals surface area contributed by atoms with E-state index in [-0.39, 0.29) is 0 Å². The summed E-state index contributed by atoms with van der Waals surface area (Å²) in [6.45, 7) is 5.92. The molecule has 3 aromatic rings. The Labute approximate surface area is 166 Å². The zero-order chi connectivity index (χ0) is 19.3. The summed E-state index contributed by atoms with van der Waals surface area (Å²) in [4.78, 5) is 7.55. The van der Waals surface area contributed by atoms with E-state index in [1.54, 1.807) is 7.11 Å². The van der Waals surface area contributed by atoms with E-state index in [0.717, 1.165) is 42.5 Å². The molecule has 2 heterocycles. The van der Waals surface area contributed by atoms with Crippen LogP contribution in [0.4, 0.5) is 0 Å². The van der Waals surface area contributed by atoms with Gasteiger partial charge < -0.3 is 14.0 Å². The molecule has 0 radical (unpaired) electrons. The molecule has 1 fully saturated rings. The van der Waals surface area contributed by atoms with Gasteiger partial charge in [0.2, 0.25) is 0 Å². The average molecular weight is 380 g/mol. The van der Waals surface area contributed by atoms with Crippen LogP contribution in [-0.4, -0.2) is 41.3 Å². The summed E-state index contributed by atoms with van der Waals surface area (Å²) in [5, 5.41) is 0. The topological polar surface area (TPSA) is 39.5 Å². The fourth-order valence-corrected chi connectivity index (χ4v) is 4.10. The van der Waals surface area contributed by atoms with Crippen LogP contribution in [0.1, 0.15) is 38.1 Å². The predicted octanol–water partition coefficient (Wildman–Crippen LogP) is 4.67. The quantitative estimate of drug-likeness (QED) is 0.598. The first-order valence-electron chi connectivity index (χ1n) is 10.2. The number of fused-ring (bicyclic) bond motifs is 1. The second-order valence-electron chi connectivity index (χ2n) is 7.38. The normalized spacial score (nSPS) is 16.2. The van der Waals surface area contributed by atoms with Crippen LogP contribution in [0.3, 0.4) is 0 Å². The molecule has 2 aromatic carbocycles. The average Bonchev–Trinajstić information content (AvgIpc) is 3.13. The van der Waals surface area contributed by atoms with Gasteiger partial charge >= 0.3 is 0 Å². The first-order valence-corrected chi connectivity index (χ1v) is 10.2. The fraction of sp³-hybridized carbons (Fsp3) is 0.435. The number of nitrogens with zero attached hydrogens (tertiary/aromatic N) is 3. The second kappa shape index (κ2) is 8.65. The van der Waals surface area contributed by atoms with Crippen molar-refractivity contribution in [3.63, 3.8) is 0 Å². The van der Waals surface area contributed by atoms with Gasteiger partial charge in [0.05, 0.1) is 30.7 Å². The summed E-state index contributed by atoms with van der Waals surface area (Å²) >= 11 is 0. The highest BCUT2D eigenvalue weighted by Crippen LogP contribution is 2.28. The van der Waals surface area contributed by atoms with Crippen LogP contribution in [0.2, 0.25) is 0 Å². The van der Waals surface area contributed by atoms with Gasteiger partial charge in [-0.1, -0.05) is 30.7 Å². The fourth-order valence-electron chi connectivity index (χ4n) is 4.10. The van der Waals surface area contributed by atoms with Gasteiger partial charge in [0, 0.05) is 0 Å². The molecule has 148 valence electrons. The van der Waals surface area contributed by atoms with E-state index < -0.39 is 0 Å². The van der Waals surface area contributed by atoms with Crippen LogP contribution in [0, 0.1) is 0 Å². The smallest absolute Gasteiger partial charge is 0.161 e. The van der Waals surface area contributed by atoms with Gasteiger partial charge in [0.15, 0.2) is 11.5 Å². The number of aromatic nitrogens is 2. The van der Waals surface area contributed by atoms with Crippen molar-refractivity contribution in [2.75, 3.05) is 26.8 Å². The van der Waals surface area contributed by atoms with E-state index in [4.69, 9.17) is 14.5 Å². The molecule has 1 aliphatic heterocycles. The Bertz CT molecular complexity index is 915. The molecule has 0 unspecified atom stereocenters. The molecule has 0 spiro atoms. The van der Waals surface area contributed by atoms with Gasteiger partial charge in [-0.3, -0.25) is 4.90 Å². The molecule has 0 amide bonds. The lowest BCUT2D eigenvalue weighted by atomic mass is 10.1. The zero-order valence-electron chi connectivity index (χ0n) is 16.8. The van der Waals surface area contributed by atoms with Crippen molar-refractivity contribution in [1.82, 2.24) is 14.5 Å². The van der Waals surface area contributed by atoms with Crippen LogP contribution < -0.4 is 9.47 Å². The minimum atomic E-state index is 0.305. The molecule has 0 N–H and O–H groups in total. The number of benzene rings is 2. The van der Waals surface area contributed by atoms with Gasteiger partial charge in [0.25, 0.3) is 0 Å². The van der Waals surface area contributed by atoms with E-state index in [2.05, 4.69) is 40.7 Å². The Kier molecular flexibility index (Phi) is 5.81. The number of methoxy groups -OCH3 is 1. The summed E-state index contributed by atoms with van der Waals surface area (Å²) in [6.07, 6.45) is 3.90. The van der Waals surface area contributed by atoms with Crippen molar-refractivity contribution in [1.29, 1.82) is 0 Å². The van der Waals surface area contributed by atoms with E-state index in [0.29, 0.717) is 12.6 Å². The zero-order valence-corrected chi connectivity index (χ0v) is 16.8. The van der Waals surface area contributed by atoms with E-state index in [1.807, 2.05) is 24.3 Å². The highest BCUT2D eigenvalue weighted by molar-refractivity contribution is 5.76. The van der Waals surface area contributed by atoms with Gasteiger partial charge in [-0.2, -0.15) is 0 Å². The van der Waals surface area contributed by atoms with Crippen LogP contribution in [0.15, 0.2) is 48.5 Å². The summed E-state index contributed by atoms with van der Waals surface area (Å²) in [7, 11) is 1.67. The molecule has 0 bridgehead atoms. The number of piperidine rings is 1. The number of hydrogen-bond donors (Lipinski definition) is 0. The van der Waals surface area contributed by atoms with E-state index in [1.165, 1.54) is 24.8 Å². The Balaban J connectivity index is 1.56. The molecule has 1 saturated heterocycles. The maximum atomic E-state index is 6.04. The lowest BCUT2D eigenvalue weighted by Gasteiger charge is -2.32. The largest absolute Gasteiger partial charge is 0.493 e. The van der Waals surface area contributed by atoms with Gasteiger partial charge in [-0.05, 0) is 57.1 Å². The minimum Gasteiger partial charge on any atom is -0.493 e. The summed E-state index contributed by atoms with van der Waals surface area (Å²) < 4.78 is 13.8. The number of rotatable bonds is 7. The third kappa shape index (κ3) is 3.85. The van der Waals surface area contributed by atoms with Crippen molar-refractivity contribution in [3.8, 4) is 11.5 Å². The number of ether oxygens (including phenoxy) is 2. The van der Waals surface area contributed by atoms with Crippen molar-refractivity contribution in [2.24, 2.45) is 0 Å². The summed E-state index contributed by atoms with van der Waals surface area (Å²) in [5.41, 5.74) is 2.23. The van der Waals surface area contributed by atoms with Crippen LogP contribution in [-0.2, 0) is 6.54 Å². The van der Waals surface area contributed by atoms with Crippen molar-refractivity contribution in [2.45, 2.75) is 38.8 Å². The lowest BCUT2D eigenvalue weighted by molar-refractivity contribution is 0.164. The summed E-state index contributed by atoms with van der Waals surface area (Å²) in [6, 6.07) is 16.5. The van der Waals surface area contributed by atoms with E-state index in [9.17, 15) is 0 Å². The molecule has 1 aliphatic rings. The third-order valence-electron chi connectivity index (χ3n) is 5.64. The molecule has 5 heteroatoms. The molecule has 1 atom stereocenters. The molecular formula is C23H29N3O2. The molecule has 1 aromatic heterocycles. The SMILES string of the molecule is COc1ccccc1OCCn1c([C@H](C)N2CCCCC2)nc2ccccc21. The van der Waals surface area contributed by atoms with Crippen molar-refractivity contribution >= 4 is 11.0 Å². The molecule has 4 rings (SSSR count). The molecule has 0 aliphatic carbocycles. The number of imidazole rings is 1. The third-order valence-corrected chi connectivity index (χ3v) is 5.64. The maximum absolute atomic E-state index is 6.04. The number of hydrogen-bond acceptors (Lipinski definition) is 4. The summed E-state index contributed by atoms with van der Waals surface area (Å²) in [5.74, 6) is 2.67. The standard InChI is InChI=1S/C23H29N3O2/c1-18(25-14-8-3-9-15-25)23-24-19-10-4-5-11-20(19)26(23)16-17-28-22-13-7-6-12-21(22)27-2/h4-7,10-13,18H,3,8-9,14-17H2,1-2H3/t18-/m0/s1. The van der Waals surface area contributed by atoms with Crippen LogP contribution >= 0.6 is 0 Å². The number of likely N-dealkylation sites (tertiary alicyclic amines) is 1. The van der Waals surface area contributed by atoms with Gasteiger partial charge in [0.1, 0.15) is 12.4 Å². The molecule has 0 saturated carbocycles. The molecule has 28 heavy (non-hydrogen) atoms. The number of para-hydroxylation sites is 4. The Morgan fingerprint density at radius 1 is 0.964 bits per heavy atom. The first kappa shape index (κ1) is 18.8. The van der Waals surface area contributed by atoms with Gasteiger partial charge in [-0.25, -0.2) is 4.98 Å². The van der Waals surface area contributed by atoms with Crippen molar-refractivity contribution in [3.05, 3.63) is 54.4 Å². The molecule has 5 nitrogen and oxygen atoms in total. The van der Waals surface area contributed by atoms with E-state index >= 15 is 0 Å². The highest BCUT2D eigenvalue weighted by atomic mass is 16.5. The van der Waals surface area contributed by atoms with Crippen LogP contribution in [0.25, 0.3) is 11.0 Å². The molecular weight excluding hydrogens is 350 g/mol. The first-order chi connectivity index (χ1) is 13.8. The Morgan fingerprint density at radius 2 is 1.68 bits per heavy atom. The maximum Gasteiger partial charge on any atom is 0.161 e. The minimum absolute atomic E-state index is 0.305. The Morgan fingerprint density at radius 3 is 2.46 bits per heavy atom. The lowest BCUT2D eigenvalue weighted by Crippen LogP contribution is -2.34. The monoisotopic (exact) mass is 379 g/mol. The van der Waals surface area contributed by atoms with Crippen molar-refractivity contribution < 1.29 is 9.47 Å². The van der Waals surface area contributed by atoms with Gasteiger partial charge in [-0.15, -0.1) is 0 Å². The highest BCUT2D eigenvalue weighted by Gasteiger charge is 2.23. The second-order valence-corrected chi connectivity index (χ2v) is 7.38. The van der Waals surface area contributed by atoms with Crippen LogP contribution in [0.5, 0.6) is 11.5 Å².